The number of ether oxygens (including phenoxy) is 3. The van der Waals surface area contributed by atoms with E-state index >= 15 is 0 Å². The molecule has 5 aromatic rings. The molecule has 9 heteroatoms. The first-order chi connectivity index (χ1) is 25.3. The molecule has 6 rings (SSSR count). The smallest absolute Gasteiger partial charge is 0.246 e. The van der Waals surface area contributed by atoms with Gasteiger partial charge in [0, 0.05) is 69.2 Å². The van der Waals surface area contributed by atoms with Crippen molar-refractivity contribution in [2.45, 2.75) is 46.3 Å². The summed E-state index contributed by atoms with van der Waals surface area (Å²) in [6.45, 7) is 11.2. The van der Waals surface area contributed by atoms with Crippen LogP contribution in [0.15, 0.2) is 110 Å². The molecule has 1 aliphatic rings. The molecule has 268 valence electrons. The Bertz CT molecular complexity index is 1900. The van der Waals surface area contributed by atoms with Crippen LogP contribution in [0.3, 0.4) is 0 Å². The zero-order valence-electron chi connectivity index (χ0n) is 30.0. The molecule has 3 aromatic carbocycles. The van der Waals surface area contributed by atoms with Crippen molar-refractivity contribution < 1.29 is 19.0 Å². The van der Waals surface area contributed by atoms with E-state index in [0.717, 1.165) is 48.5 Å². The Balaban J connectivity index is 0.923. The minimum atomic E-state index is -0.00813. The molecule has 1 aliphatic heterocycles. The largest absolute Gasteiger partial charge is 0.493 e. The van der Waals surface area contributed by atoms with Gasteiger partial charge in [0.2, 0.25) is 11.8 Å². The van der Waals surface area contributed by atoms with Crippen LogP contribution in [0.2, 0.25) is 5.02 Å². The number of piperazine rings is 1. The number of nitrogens with zero attached hydrogens (tertiary/aromatic N) is 4. The zero-order chi connectivity index (χ0) is 36.3. The quantitative estimate of drug-likeness (QED) is 0.106. The molecule has 0 atom stereocenters. The molecule has 0 radical (unpaired) electrons. The van der Waals surface area contributed by atoms with E-state index in [0.29, 0.717) is 54.6 Å². The van der Waals surface area contributed by atoms with Gasteiger partial charge in [-0.1, -0.05) is 67.9 Å². The number of carbonyl (C=O) groups is 1. The van der Waals surface area contributed by atoms with E-state index in [4.69, 9.17) is 25.8 Å². The van der Waals surface area contributed by atoms with Crippen LogP contribution >= 0.6 is 11.6 Å². The maximum atomic E-state index is 13.1. The number of rotatable bonds is 14. The van der Waals surface area contributed by atoms with E-state index in [1.54, 1.807) is 48.9 Å². The normalized spacial score (nSPS) is 13.4. The van der Waals surface area contributed by atoms with Crippen molar-refractivity contribution in [1.29, 1.82) is 0 Å². The molecule has 1 fully saturated rings. The maximum absolute atomic E-state index is 13.1. The number of hydrogen-bond acceptors (Lipinski definition) is 7. The lowest BCUT2D eigenvalue weighted by atomic mass is 10.0. The molecule has 52 heavy (non-hydrogen) atoms. The Morgan fingerprint density at radius 3 is 2.29 bits per heavy atom. The molecule has 0 spiro atoms. The highest BCUT2D eigenvalue weighted by Crippen LogP contribution is 2.34. The maximum Gasteiger partial charge on any atom is 0.246 e. The van der Waals surface area contributed by atoms with Crippen LogP contribution < -0.4 is 14.2 Å². The van der Waals surface area contributed by atoms with Gasteiger partial charge in [0.15, 0.2) is 5.75 Å². The summed E-state index contributed by atoms with van der Waals surface area (Å²) in [5.74, 6) is 2.96. The summed E-state index contributed by atoms with van der Waals surface area (Å²) in [5, 5.41) is 0.438. The SMILES string of the molecule is Cc1cc(/C=C/C(=O)N2CCN(Cc3ccc(CCOc4ccc(C(C)C)cc4)cc3)CC2)cc(Cl)c1Oc1ccc(OCc2cccnc2)cn1. The van der Waals surface area contributed by atoms with Gasteiger partial charge in [-0.15, -0.1) is 0 Å². The van der Waals surface area contributed by atoms with Gasteiger partial charge in [0.05, 0.1) is 17.8 Å². The van der Waals surface area contributed by atoms with E-state index in [2.05, 4.69) is 77.2 Å². The van der Waals surface area contributed by atoms with E-state index in [1.807, 2.05) is 30.0 Å². The minimum Gasteiger partial charge on any atom is -0.493 e. The van der Waals surface area contributed by atoms with Crippen LogP contribution in [0.25, 0.3) is 6.08 Å². The van der Waals surface area contributed by atoms with Gasteiger partial charge in [-0.3, -0.25) is 14.7 Å². The van der Waals surface area contributed by atoms with E-state index in [1.165, 1.54) is 16.7 Å². The molecule has 0 aliphatic carbocycles. The summed E-state index contributed by atoms with van der Waals surface area (Å²) in [5.41, 5.74) is 6.48. The molecular weight excluding hydrogens is 672 g/mol. The molecule has 0 unspecified atom stereocenters. The number of carbonyl (C=O) groups excluding carboxylic acids is 1. The molecular formula is C43H45ClN4O4. The minimum absolute atomic E-state index is 0.00813. The summed E-state index contributed by atoms with van der Waals surface area (Å²) in [7, 11) is 0. The Hall–Kier alpha value is -5.18. The van der Waals surface area contributed by atoms with Crippen LogP contribution in [0, 0.1) is 6.92 Å². The predicted molar refractivity (Wildman–Crippen MR) is 206 cm³/mol. The first-order valence-electron chi connectivity index (χ1n) is 17.7. The fourth-order valence-corrected chi connectivity index (χ4v) is 6.27. The predicted octanol–water partition coefficient (Wildman–Crippen LogP) is 8.91. The number of aryl methyl sites for hydroxylation is 1. The van der Waals surface area contributed by atoms with Crippen molar-refractivity contribution in [2.24, 2.45) is 0 Å². The lowest BCUT2D eigenvalue weighted by Crippen LogP contribution is -2.47. The fraction of sp³-hybridized carbons (Fsp3) is 0.279. The summed E-state index contributed by atoms with van der Waals surface area (Å²) in [6.07, 6.45) is 9.39. The lowest BCUT2D eigenvalue weighted by molar-refractivity contribution is -0.127. The van der Waals surface area contributed by atoms with E-state index in [-0.39, 0.29) is 5.91 Å². The second-order valence-corrected chi connectivity index (χ2v) is 13.7. The van der Waals surface area contributed by atoms with Gasteiger partial charge in [-0.2, -0.15) is 0 Å². The average molecular weight is 717 g/mol. The van der Waals surface area contributed by atoms with E-state index < -0.39 is 0 Å². The highest BCUT2D eigenvalue weighted by molar-refractivity contribution is 6.32. The van der Waals surface area contributed by atoms with Crippen LogP contribution in [0.5, 0.6) is 23.1 Å². The lowest BCUT2D eigenvalue weighted by Gasteiger charge is -2.34. The number of halogens is 1. The number of benzene rings is 3. The number of amides is 1. The van der Waals surface area contributed by atoms with Crippen molar-refractivity contribution in [3.63, 3.8) is 0 Å². The van der Waals surface area contributed by atoms with Gasteiger partial charge in [-0.05, 0) is 83.1 Å². The number of hydrogen-bond donors (Lipinski definition) is 0. The molecule has 0 bridgehead atoms. The third-order valence-electron chi connectivity index (χ3n) is 9.03. The summed E-state index contributed by atoms with van der Waals surface area (Å²) in [4.78, 5) is 25.8. The Morgan fingerprint density at radius 2 is 1.62 bits per heavy atom. The Labute approximate surface area is 311 Å². The van der Waals surface area contributed by atoms with Crippen molar-refractivity contribution in [1.82, 2.24) is 19.8 Å². The molecule has 2 aromatic heterocycles. The fourth-order valence-electron chi connectivity index (χ4n) is 5.95. The van der Waals surface area contributed by atoms with Gasteiger partial charge >= 0.3 is 0 Å². The van der Waals surface area contributed by atoms with Gasteiger partial charge < -0.3 is 19.1 Å². The van der Waals surface area contributed by atoms with Gasteiger partial charge in [-0.25, -0.2) is 4.98 Å². The molecule has 0 N–H and O–H groups in total. The third kappa shape index (κ3) is 10.4. The first kappa shape index (κ1) is 36.6. The zero-order valence-corrected chi connectivity index (χ0v) is 30.8. The van der Waals surface area contributed by atoms with E-state index in [9.17, 15) is 4.79 Å². The second kappa shape index (κ2) is 17.8. The summed E-state index contributed by atoms with van der Waals surface area (Å²) < 4.78 is 17.8. The Kier molecular flexibility index (Phi) is 12.6. The highest BCUT2D eigenvalue weighted by Gasteiger charge is 2.20. The second-order valence-electron chi connectivity index (χ2n) is 13.3. The monoisotopic (exact) mass is 716 g/mol. The van der Waals surface area contributed by atoms with Crippen molar-refractivity contribution in [3.8, 4) is 23.1 Å². The third-order valence-corrected chi connectivity index (χ3v) is 9.31. The molecule has 3 heterocycles. The van der Waals surface area contributed by atoms with Crippen LogP contribution in [-0.4, -0.2) is 58.5 Å². The molecule has 8 nitrogen and oxygen atoms in total. The first-order valence-corrected chi connectivity index (χ1v) is 18.1. The highest BCUT2D eigenvalue weighted by atomic mass is 35.5. The van der Waals surface area contributed by atoms with Gasteiger partial charge in [0.1, 0.15) is 18.1 Å². The Morgan fingerprint density at radius 1 is 0.865 bits per heavy atom. The average Bonchev–Trinajstić information content (AvgIpc) is 3.16. The molecule has 1 saturated heterocycles. The van der Waals surface area contributed by atoms with Gasteiger partial charge in [0.25, 0.3) is 0 Å². The van der Waals surface area contributed by atoms with Crippen molar-refractivity contribution in [2.75, 3.05) is 32.8 Å². The molecule has 1 amide bonds. The van der Waals surface area contributed by atoms with Crippen LogP contribution in [0.1, 0.15) is 53.1 Å². The topological polar surface area (TPSA) is 77.0 Å². The van der Waals surface area contributed by atoms with Crippen LogP contribution in [-0.2, 0) is 24.4 Å². The van der Waals surface area contributed by atoms with Crippen LogP contribution in [0.4, 0.5) is 0 Å². The molecule has 0 saturated carbocycles. The van der Waals surface area contributed by atoms with Crippen molar-refractivity contribution >= 4 is 23.6 Å². The summed E-state index contributed by atoms with van der Waals surface area (Å²) >= 11 is 6.62. The summed E-state index contributed by atoms with van der Waals surface area (Å²) in [6, 6.07) is 28.2. The number of aromatic nitrogens is 2. The van der Waals surface area contributed by atoms with Crippen molar-refractivity contribution in [3.05, 3.63) is 148 Å². The standard InChI is InChI=1S/C43H45ClN4O4/c1-31(2)37-11-13-38(14-12-37)50-24-18-33-6-8-34(9-7-33)29-47-20-22-48(23-21-47)42(49)17-10-35-25-32(3)43(40(44)26-35)52-41-16-15-39(28-46-41)51-30-36-5-4-19-45-27-36/h4-17,19,25-28,31H,18,20-24,29-30H2,1-3H3/b17-10+. The number of pyridine rings is 2.